The van der Waals surface area contributed by atoms with Crippen molar-refractivity contribution in [3.63, 3.8) is 0 Å². The zero-order valence-corrected chi connectivity index (χ0v) is 13.2. The van der Waals surface area contributed by atoms with Gasteiger partial charge in [0.15, 0.2) is 18.2 Å². The number of ether oxygens (including phenoxy) is 2. The van der Waals surface area contributed by atoms with Gasteiger partial charge >= 0.3 is 0 Å². The highest BCUT2D eigenvalue weighted by Gasteiger charge is 2.29. The summed E-state index contributed by atoms with van der Waals surface area (Å²) in [6, 6.07) is 4.28. The van der Waals surface area contributed by atoms with Crippen molar-refractivity contribution < 1.29 is 23.8 Å². The van der Waals surface area contributed by atoms with Gasteiger partial charge in [-0.05, 0) is 25.1 Å². The van der Waals surface area contributed by atoms with E-state index in [0.29, 0.717) is 17.6 Å². The maximum atomic E-state index is 13.6. The molecule has 7 heteroatoms. The van der Waals surface area contributed by atoms with Gasteiger partial charge in [-0.15, -0.1) is 0 Å². The van der Waals surface area contributed by atoms with Gasteiger partial charge in [0.1, 0.15) is 0 Å². The van der Waals surface area contributed by atoms with Crippen molar-refractivity contribution in [2.45, 2.75) is 19.1 Å². The van der Waals surface area contributed by atoms with Crippen molar-refractivity contribution in [1.82, 2.24) is 4.90 Å². The number of hydrogen-bond acceptors (Lipinski definition) is 4. The maximum Gasteiger partial charge on any atom is 0.260 e. The molecule has 1 aromatic carbocycles. The zero-order chi connectivity index (χ0) is 15.4. The summed E-state index contributed by atoms with van der Waals surface area (Å²) < 4.78 is 24.8. The van der Waals surface area contributed by atoms with E-state index >= 15 is 0 Å². The number of nitrogens with zero attached hydrogens (tertiary/aromatic N) is 1. The van der Waals surface area contributed by atoms with E-state index in [1.807, 2.05) is 6.92 Å². The molecule has 2 unspecified atom stereocenters. The average Bonchev–Trinajstić information content (AvgIpc) is 2.46. The Kier molecular flexibility index (Phi) is 5.55. The van der Waals surface area contributed by atoms with Crippen molar-refractivity contribution in [3.05, 3.63) is 28.5 Å². The van der Waals surface area contributed by atoms with Gasteiger partial charge in [0.25, 0.3) is 5.91 Å². The molecule has 116 valence electrons. The Morgan fingerprint density at radius 1 is 1.62 bits per heavy atom. The number of aliphatic hydroxyl groups is 1. The number of hydrogen-bond donors (Lipinski definition) is 1. The van der Waals surface area contributed by atoms with Crippen molar-refractivity contribution in [1.29, 1.82) is 0 Å². The number of carbonyl (C=O) groups excluding carboxylic acids is 1. The van der Waals surface area contributed by atoms with Gasteiger partial charge in [-0.2, -0.15) is 0 Å². The number of carbonyl (C=O) groups is 1. The second-order valence-electron chi connectivity index (χ2n) is 4.90. The predicted molar refractivity (Wildman–Crippen MR) is 77.6 cm³/mol. The van der Waals surface area contributed by atoms with Crippen LogP contribution in [0.25, 0.3) is 0 Å². The SMILES string of the molecule is CC1COC(CO)CN1C(=O)COc1ccc(Br)cc1F. The third kappa shape index (κ3) is 4.15. The Morgan fingerprint density at radius 3 is 3.05 bits per heavy atom. The van der Waals surface area contributed by atoms with Crippen LogP contribution in [0.5, 0.6) is 5.75 Å². The zero-order valence-electron chi connectivity index (χ0n) is 11.6. The molecule has 0 spiro atoms. The Bertz CT molecular complexity index is 514. The van der Waals surface area contributed by atoms with Crippen LogP contribution in [0.3, 0.4) is 0 Å². The molecule has 21 heavy (non-hydrogen) atoms. The van der Waals surface area contributed by atoms with Crippen molar-refractivity contribution >= 4 is 21.8 Å². The second-order valence-corrected chi connectivity index (χ2v) is 5.81. The van der Waals surface area contributed by atoms with E-state index in [4.69, 9.17) is 14.6 Å². The van der Waals surface area contributed by atoms with Crippen LogP contribution in [-0.4, -0.2) is 54.4 Å². The second kappa shape index (κ2) is 7.20. The standard InChI is InChI=1S/C14H17BrFNO4/c1-9-7-20-11(6-18)5-17(9)14(19)8-21-13-3-2-10(15)4-12(13)16/h2-4,9,11,18H,5-8H2,1H3. The fraction of sp³-hybridized carbons (Fsp3) is 0.500. The van der Waals surface area contributed by atoms with E-state index < -0.39 is 5.82 Å². The minimum atomic E-state index is -0.527. The lowest BCUT2D eigenvalue weighted by molar-refractivity contribution is -0.148. The van der Waals surface area contributed by atoms with E-state index in [-0.39, 0.29) is 37.0 Å². The molecule has 0 bridgehead atoms. The molecular weight excluding hydrogens is 345 g/mol. The number of amides is 1. The summed E-state index contributed by atoms with van der Waals surface area (Å²) in [5, 5.41) is 9.10. The fourth-order valence-electron chi connectivity index (χ4n) is 2.09. The first-order valence-electron chi connectivity index (χ1n) is 6.61. The Labute approximate surface area is 130 Å². The first-order chi connectivity index (χ1) is 10.0. The third-order valence-corrected chi connectivity index (χ3v) is 3.77. The molecule has 1 N–H and O–H groups in total. The van der Waals surface area contributed by atoms with E-state index in [1.165, 1.54) is 12.1 Å². The van der Waals surface area contributed by atoms with Gasteiger partial charge in [0.05, 0.1) is 25.4 Å². The molecule has 1 aliphatic rings. The van der Waals surface area contributed by atoms with E-state index in [2.05, 4.69) is 15.9 Å². The molecule has 0 aromatic heterocycles. The molecular formula is C14H17BrFNO4. The molecule has 0 aliphatic carbocycles. The van der Waals surface area contributed by atoms with Gasteiger partial charge in [-0.1, -0.05) is 15.9 Å². The molecule has 0 saturated carbocycles. The van der Waals surface area contributed by atoms with Crippen LogP contribution in [-0.2, 0) is 9.53 Å². The first-order valence-corrected chi connectivity index (χ1v) is 7.40. The predicted octanol–water partition coefficient (Wildman–Crippen LogP) is 1.58. The topological polar surface area (TPSA) is 59.0 Å². The summed E-state index contributed by atoms with van der Waals surface area (Å²) in [7, 11) is 0. The molecule has 1 amide bonds. The largest absolute Gasteiger partial charge is 0.481 e. The van der Waals surface area contributed by atoms with Crippen molar-refractivity contribution in [2.75, 3.05) is 26.4 Å². The number of aliphatic hydroxyl groups excluding tert-OH is 1. The van der Waals surface area contributed by atoms with Gasteiger partial charge in [0, 0.05) is 11.0 Å². The normalized spacial score (nSPS) is 22.2. The van der Waals surface area contributed by atoms with Crippen LogP contribution < -0.4 is 4.74 Å². The molecule has 2 rings (SSSR count). The van der Waals surface area contributed by atoms with Crippen LogP contribution in [0.4, 0.5) is 4.39 Å². The summed E-state index contributed by atoms with van der Waals surface area (Å²) in [6.07, 6.45) is -0.380. The van der Waals surface area contributed by atoms with Crippen LogP contribution in [0.1, 0.15) is 6.92 Å². The lowest BCUT2D eigenvalue weighted by Crippen LogP contribution is -2.53. The maximum absolute atomic E-state index is 13.6. The number of rotatable bonds is 4. The van der Waals surface area contributed by atoms with Crippen LogP contribution in [0.2, 0.25) is 0 Å². The summed E-state index contributed by atoms with van der Waals surface area (Å²) in [5.74, 6) is -0.752. The summed E-state index contributed by atoms with van der Waals surface area (Å²) in [4.78, 5) is 13.7. The number of halogens is 2. The summed E-state index contributed by atoms with van der Waals surface area (Å²) >= 11 is 3.15. The molecule has 5 nitrogen and oxygen atoms in total. The highest BCUT2D eigenvalue weighted by Crippen LogP contribution is 2.21. The lowest BCUT2D eigenvalue weighted by atomic mass is 10.2. The fourth-order valence-corrected chi connectivity index (χ4v) is 2.42. The molecule has 1 heterocycles. The van der Waals surface area contributed by atoms with Crippen LogP contribution in [0, 0.1) is 5.82 Å². The van der Waals surface area contributed by atoms with Gasteiger partial charge < -0.3 is 19.5 Å². The summed E-state index contributed by atoms with van der Waals surface area (Å²) in [5.41, 5.74) is 0. The third-order valence-electron chi connectivity index (χ3n) is 3.27. The molecule has 2 atom stereocenters. The minimum absolute atomic E-state index is 0.0335. The first kappa shape index (κ1) is 16.2. The monoisotopic (exact) mass is 361 g/mol. The molecule has 1 aromatic rings. The Hall–Kier alpha value is -1.18. The molecule has 0 radical (unpaired) electrons. The molecule has 1 fully saturated rings. The van der Waals surface area contributed by atoms with Crippen LogP contribution in [0.15, 0.2) is 22.7 Å². The van der Waals surface area contributed by atoms with Crippen molar-refractivity contribution in [2.24, 2.45) is 0 Å². The molecule has 1 aliphatic heterocycles. The quantitative estimate of drug-likeness (QED) is 0.884. The lowest BCUT2D eigenvalue weighted by Gasteiger charge is -2.37. The van der Waals surface area contributed by atoms with Crippen LogP contribution >= 0.6 is 15.9 Å². The highest BCUT2D eigenvalue weighted by molar-refractivity contribution is 9.10. The minimum Gasteiger partial charge on any atom is -0.481 e. The van der Waals surface area contributed by atoms with Gasteiger partial charge in [0.2, 0.25) is 0 Å². The van der Waals surface area contributed by atoms with Gasteiger partial charge in [-0.3, -0.25) is 4.79 Å². The van der Waals surface area contributed by atoms with E-state index in [1.54, 1.807) is 11.0 Å². The Morgan fingerprint density at radius 2 is 2.38 bits per heavy atom. The number of benzene rings is 1. The van der Waals surface area contributed by atoms with Crippen molar-refractivity contribution in [3.8, 4) is 5.75 Å². The highest BCUT2D eigenvalue weighted by atomic mass is 79.9. The number of morpholine rings is 1. The van der Waals surface area contributed by atoms with E-state index in [9.17, 15) is 9.18 Å². The average molecular weight is 362 g/mol. The Balaban J connectivity index is 1.94. The molecule has 1 saturated heterocycles. The van der Waals surface area contributed by atoms with Gasteiger partial charge in [-0.25, -0.2) is 4.39 Å². The smallest absolute Gasteiger partial charge is 0.260 e. The van der Waals surface area contributed by atoms with E-state index in [0.717, 1.165) is 0 Å². The summed E-state index contributed by atoms with van der Waals surface area (Å²) in [6.45, 7) is 2.14.